The molecule has 0 atom stereocenters. The molecule has 194 valence electrons. The van der Waals surface area contributed by atoms with Crippen LogP contribution in [0.4, 0.5) is 0 Å². The molecular weight excluding hydrogens is 468 g/mol. The van der Waals surface area contributed by atoms with E-state index in [1.54, 1.807) is 0 Å². The van der Waals surface area contributed by atoms with Crippen LogP contribution < -0.4 is 0 Å². The summed E-state index contributed by atoms with van der Waals surface area (Å²) in [6.45, 7) is 6.00. The number of benzene rings is 3. The van der Waals surface area contributed by atoms with Crippen LogP contribution in [0.3, 0.4) is 0 Å². The van der Waals surface area contributed by atoms with Crippen molar-refractivity contribution in [1.82, 2.24) is 19.8 Å². The molecule has 38 heavy (non-hydrogen) atoms. The number of hydrogen-bond acceptors (Lipinski definition) is 2. The lowest BCUT2D eigenvalue weighted by molar-refractivity contribution is 0.499. The molecule has 2 heterocycles. The standard InChI is InChI=1S/C32H36N6/c1-5-15-37(3)31(33)25-13-11-23-17-27(35-29(23)19-25)21-7-9-22(10-8-21)28-18-24-12-14-26(20-30(24)36-28)32(34)38(4)16-6-2/h7-14,17-20,33-36H,5-6,15-16H2,1-4H3. The van der Waals surface area contributed by atoms with E-state index < -0.39 is 0 Å². The Morgan fingerprint density at radius 2 is 1.00 bits per heavy atom. The molecule has 0 bridgehead atoms. The number of amidine groups is 2. The zero-order chi connectivity index (χ0) is 26.8. The third-order valence-corrected chi connectivity index (χ3v) is 7.18. The van der Waals surface area contributed by atoms with Crippen LogP contribution in [0.25, 0.3) is 44.3 Å². The van der Waals surface area contributed by atoms with Crippen molar-refractivity contribution in [3.05, 3.63) is 83.9 Å². The summed E-state index contributed by atoms with van der Waals surface area (Å²) >= 11 is 0. The van der Waals surface area contributed by atoms with Gasteiger partial charge in [-0.2, -0.15) is 0 Å². The minimum Gasteiger partial charge on any atom is -0.360 e. The first kappa shape index (κ1) is 25.3. The topological polar surface area (TPSA) is 85.8 Å². The Hall–Kier alpha value is -4.32. The van der Waals surface area contributed by atoms with Crippen molar-refractivity contribution in [2.24, 2.45) is 0 Å². The van der Waals surface area contributed by atoms with E-state index in [0.29, 0.717) is 11.7 Å². The quantitative estimate of drug-likeness (QED) is 0.132. The van der Waals surface area contributed by atoms with Gasteiger partial charge in [0, 0.05) is 71.5 Å². The summed E-state index contributed by atoms with van der Waals surface area (Å²) in [5.74, 6) is 1.09. The molecule has 0 aliphatic heterocycles. The third kappa shape index (κ3) is 4.94. The molecule has 5 aromatic rings. The smallest absolute Gasteiger partial charge is 0.127 e. The molecule has 4 N–H and O–H groups in total. The minimum atomic E-state index is 0.546. The van der Waals surface area contributed by atoms with Gasteiger partial charge >= 0.3 is 0 Å². The highest BCUT2D eigenvalue weighted by atomic mass is 15.1. The second-order valence-electron chi connectivity index (χ2n) is 10.1. The highest BCUT2D eigenvalue weighted by Gasteiger charge is 2.12. The Balaban J connectivity index is 1.37. The zero-order valence-corrected chi connectivity index (χ0v) is 22.7. The van der Waals surface area contributed by atoms with Crippen molar-refractivity contribution in [2.75, 3.05) is 27.2 Å². The lowest BCUT2D eigenvalue weighted by atomic mass is 10.1. The predicted octanol–water partition coefficient (Wildman–Crippen LogP) is 7.32. The van der Waals surface area contributed by atoms with Crippen LogP contribution in [0.5, 0.6) is 0 Å². The van der Waals surface area contributed by atoms with Crippen LogP contribution in [-0.2, 0) is 0 Å². The van der Waals surface area contributed by atoms with Crippen LogP contribution in [0.1, 0.15) is 37.8 Å². The number of aromatic nitrogens is 2. The van der Waals surface area contributed by atoms with E-state index in [2.05, 4.69) is 84.5 Å². The van der Waals surface area contributed by atoms with Crippen LogP contribution in [0.2, 0.25) is 0 Å². The zero-order valence-electron chi connectivity index (χ0n) is 22.7. The molecule has 0 saturated carbocycles. The van der Waals surface area contributed by atoms with Crippen molar-refractivity contribution in [3.8, 4) is 22.5 Å². The summed E-state index contributed by atoms with van der Waals surface area (Å²) in [6.07, 6.45) is 2.04. The van der Waals surface area contributed by atoms with Gasteiger partial charge in [0.25, 0.3) is 0 Å². The SMILES string of the molecule is CCCN(C)C(=N)c1ccc2cc(-c3ccc(-c4cc5ccc(C(=N)N(C)CCC)cc5[nH]4)cc3)[nH]c2c1. The molecule has 0 unspecified atom stereocenters. The van der Waals surface area contributed by atoms with Crippen molar-refractivity contribution < 1.29 is 0 Å². The second-order valence-corrected chi connectivity index (χ2v) is 10.1. The Kier molecular flexibility index (Phi) is 7.05. The molecular formula is C32H36N6. The van der Waals surface area contributed by atoms with Gasteiger partial charge in [0.05, 0.1) is 0 Å². The van der Waals surface area contributed by atoms with Gasteiger partial charge in [-0.05, 0) is 48.2 Å². The van der Waals surface area contributed by atoms with E-state index in [4.69, 9.17) is 10.8 Å². The number of fused-ring (bicyclic) bond motifs is 2. The fourth-order valence-corrected chi connectivity index (χ4v) is 5.02. The summed E-state index contributed by atoms with van der Waals surface area (Å²) in [7, 11) is 3.95. The Labute approximate surface area is 224 Å². The van der Waals surface area contributed by atoms with E-state index in [-0.39, 0.29) is 0 Å². The van der Waals surface area contributed by atoms with Crippen molar-refractivity contribution in [1.29, 1.82) is 10.8 Å². The number of nitrogens with one attached hydrogen (secondary N) is 4. The Bertz CT molecular complexity index is 1480. The summed E-state index contributed by atoms with van der Waals surface area (Å²) in [6, 6.07) is 25.3. The first-order chi connectivity index (χ1) is 18.4. The van der Waals surface area contributed by atoms with Crippen molar-refractivity contribution in [3.63, 3.8) is 0 Å². The summed E-state index contributed by atoms with van der Waals surface area (Å²) in [4.78, 5) is 11.1. The lowest BCUT2D eigenvalue weighted by Crippen LogP contribution is -2.27. The van der Waals surface area contributed by atoms with Crippen molar-refractivity contribution >= 4 is 33.5 Å². The molecule has 0 saturated heterocycles. The van der Waals surface area contributed by atoms with E-state index in [1.165, 1.54) is 0 Å². The summed E-state index contributed by atoms with van der Waals surface area (Å²) in [5, 5.41) is 19.3. The van der Waals surface area contributed by atoms with Gasteiger partial charge in [-0.25, -0.2) is 0 Å². The molecule has 0 spiro atoms. The number of aromatic amines is 2. The summed E-state index contributed by atoms with van der Waals surface area (Å²) in [5.41, 5.74) is 8.29. The highest BCUT2D eigenvalue weighted by Crippen LogP contribution is 2.29. The van der Waals surface area contributed by atoms with Crippen LogP contribution in [0.15, 0.2) is 72.8 Å². The molecule has 0 aliphatic carbocycles. The number of nitrogens with zero attached hydrogens (tertiary/aromatic N) is 2. The van der Waals surface area contributed by atoms with E-state index in [0.717, 1.165) is 81.4 Å². The summed E-state index contributed by atoms with van der Waals surface area (Å²) < 4.78 is 0. The number of rotatable bonds is 8. The maximum Gasteiger partial charge on any atom is 0.127 e. The maximum atomic E-state index is 8.50. The molecule has 6 nitrogen and oxygen atoms in total. The normalized spacial score (nSPS) is 11.3. The number of hydrogen-bond donors (Lipinski definition) is 4. The largest absolute Gasteiger partial charge is 0.360 e. The van der Waals surface area contributed by atoms with Gasteiger partial charge in [0.2, 0.25) is 0 Å². The fraction of sp³-hybridized carbons (Fsp3) is 0.250. The number of H-pyrrole nitrogens is 2. The Morgan fingerprint density at radius 3 is 1.37 bits per heavy atom. The molecule has 6 heteroatoms. The lowest BCUT2D eigenvalue weighted by Gasteiger charge is -2.19. The molecule has 0 fully saturated rings. The monoisotopic (exact) mass is 504 g/mol. The van der Waals surface area contributed by atoms with Crippen LogP contribution in [0, 0.1) is 10.8 Å². The maximum absolute atomic E-state index is 8.50. The molecule has 0 aliphatic rings. The van der Waals surface area contributed by atoms with E-state index in [9.17, 15) is 0 Å². The highest BCUT2D eigenvalue weighted by molar-refractivity contribution is 6.01. The van der Waals surface area contributed by atoms with Crippen molar-refractivity contribution in [2.45, 2.75) is 26.7 Å². The first-order valence-corrected chi connectivity index (χ1v) is 13.3. The Morgan fingerprint density at radius 1 is 0.605 bits per heavy atom. The van der Waals surface area contributed by atoms with Gasteiger partial charge in [-0.1, -0.05) is 62.4 Å². The average molecular weight is 505 g/mol. The van der Waals surface area contributed by atoms with Gasteiger partial charge in [-0.15, -0.1) is 0 Å². The third-order valence-electron chi connectivity index (χ3n) is 7.18. The molecule has 0 amide bonds. The predicted molar refractivity (Wildman–Crippen MR) is 161 cm³/mol. The average Bonchev–Trinajstić information content (AvgIpc) is 3.56. The van der Waals surface area contributed by atoms with Gasteiger partial charge < -0.3 is 19.8 Å². The van der Waals surface area contributed by atoms with Gasteiger partial charge in [0.1, 0.15) is 11.7 Å². The van der Waals surface area contributed by atoms with E-state index in [1.807, 2.05) is 36.0 Å². The van der Waals surface area contributed by atoms with Gasteiger partial charge in [0.15, 0.2) is 0 Å². The molecule has 5 rings (SSSR count). The van der Waals surface area contributed by atoms with Crippen LogP contribution in [-0.4, -0.2) is 58.6 Å². The van der Waals surface area contributed by atoms with Gasteiger partial charge in [-0.3, -0.25) is 10.8 Å². The molecule has 2 aromatic heterocycles. The fourth-order valence-electron chi connectivity index (χ4n) is 5.02. The molecule has 3 aromatic carbocycles. The molecule has 0 radical (unpaired) electrons. The first-order valence-electron chi connectivity index (χ1n) is 13.3. The minimum absolute atomic E-state index is 0.546. The van der Waals surface area contributed by atoms with Crippen LogP contribution >= 0.6 is 0 Å². The van der Waals surface area contributed by atoms with E-state index >= 15 is 0 Å². The second kappa shape index (κ2) is 10.6.